The molecule has 27 heavy (non-hydrogen) atoms. The molecule has 0 saturated carbocycles. The van der Waals surface area contributed by atoms with Crippen LogP contribution in [0.15, 0.2) is 83.9 Å². The summed E-state index contributed by atoms with van der Waals surface area (Å²) in [6.07, 6.45) is 0. The van der Waals surface area contributed by atoms with Gasteiger partial charge in [-0.1, -0.05) is 72.0 Å². The van der Waals surface area contributed by atoms with E-state index >= 15 is 0 Å². The molecule has 0 aliphatic heterocycles. The molecular formula is C23H16N2OS. The Bertz CT molecular complexity index is 1410. The second-order valence-corrected chi connectivity index (χ2v) is 7.57. The van der Waals surface area contributed by atoms with Gasteiger partial charge in [-0.05, 0) is 34.4 Å². The maximum Gasteiger partial charge on any atom is 0.279 e. The number of carbonyl (C=O) groups excluding carboxylic acids is 1. The molecule has 5 rings (SSSR count). The highest BCUT2D eigenvalue weighted by Crippen LogP contribution is 2.26. The number of benzene rings is 4. The Kier molecular flexibility index (Phi) is 3.66. The Balaban J connectivity index is 1.67. The minimum Gasteiger partial charge on any atom is -0.319 e. The van der Waals surface area contributed by atoms with Gasteiger partial charge < -0.3 is 4.57 Å². The molecule has 130 valence electrons. The standard InChI is InChI=1S/C23H16N2OS/c1-25-21-19-9-5-4-7-16(19)12-13-20(21)27-23(25)24-22(26)18-11-10-15-6-2-3-8-17(15)14-18/h2-14H,1H3. The minimum absolute atomic E-state index is 0.216. The minimum atomic E-state index is -0.216. The molecule has 0 saturated heterocycles. The van der Waals surface area contributed by atoms with Gasteiger partial charge >= 0.3 is 0 Å². The van der Waals surface area contributed by atoms with Crippen LogP contribution in [-0.2, 0) is 7.05 Å². The lowest BCUT2D eigenvalue weighted by Gasteiger charge is -2.02. The molecule has 4 heteroatoms. The van der Waals surface area contributed by atoms with Gasteiger partial charge in [-0.15, -0.1) is 0 Å². The number of carbonyl (C=O) groups is 1. The highest BCUT2D eigenvalue weighted by Gasteiger charge is 2.10. The third-order valence-electron chi connectivity index (χ3n) is 4.88. The molecule has 0 N–H and O–H groups in total. The lowest BCUT2D eigenvalue weighted by molar-refractivity contribution is 0.0998. The van der Waals surface area contributed by atoms with Crippen LogP contribution >= 0.6 is 11.3 Å². The molecule has 1 heterocycles. The molecule has 5 aromatic rings. The smallest absolute Gasteiger partial charge is 0.279 e. The lowest BCUT2D eigenvalue weighted by atomic mass is 10.1. The number of hydrogen-bond acceptors (Lipinski definition) is 2. The third-order valence-corrected chi connectivity index (χ3v) is 5.98. The zero-order valence-electron chi connectivity index (χ0n) is 14.7. The number of aryl methyl sites for hydroxylation is 1. The topological polar surface area (TPSA) is 34.4 Å². The van der Waals surface area contributed by atoms with E-state index in [1.165, 1.54) is 10.8 Å². The van der Waals surface area contributed by atoms with Crippen LogP contribution in [0.4, 0.5) is 0 Å². The first kappa shape index (κ1) is 16.0. The molecule has 4 aromatic carbocycles. The van der Waals surface area contributed by atoms with Crippen LogP contribution in [0.1, 0.15) is 10.4 Å². The first-order valence-corrected chi connectivity index (χ1v) is 9.57. The Morgan fingerprint density at radius 1 is 0.852 bits per heavy atom. The molecule has 3 nitrogen and oxygen atoms in total. The van der Waals surface area contributed by atoms with Gasteiger partial charge in [0.2, 0.25) is 0 Å². The number of thiazole rings is 1. The number of aromatic nitrogens is 1. The summed E-state index contributed by atoms with van der Waals surface area (Å²) < 4.78 is 3.14. The summed E-state index contributed by atoms with van der Waals surface area (Å²) in [5.74, 6) is -0.216. The van der Waals surface area contributed by atoms with E-state index in [1.807, 2.05) is 66.2 Å². The average Bonchev–Trinajstić information content (AvgIpc) is 3.03. The van der Waals surface area contributed by atoms with Crippen molar-refractivity contribution in [3.63, 3.8) is 0 Å². The predicted molar refractivity (Wildman–Crippen MR) is 112 cm³/mol. The van der Waals surface area contributed by atoms with E-state index in [1.54, 1.807) is 11.3 Å². The summed E-state index contributed by atoms with van der Waals surface area (Å²) in [6.45, 7) is 0. The van der Waals surface area contributed by atoms with Crippen molar-refractivity contribution in [1.29, 1.82) is 0 Å². The van der Waals surface area contributed by atoms with Crippen LogP contribution in [0.3, 0.4) is 0 Å². The number of amides is 1. The Morgan fingerprint density at radius 3 is 2.41 bits per heavy atom. The molecule has 0 aliphatic rings. The van der Waals surface area contributed by atoms with Gasteiger partial charge in [0.05, 0.1) is 10.2 Å². The maximum absolute atomic E-state index is 12.8. The fourth-order valence-electron chi connectivity index (χ4n) is 3.50. The van der Waals surface area contributed by atoms with Gasteiger partial charge in [0.25, 0.3) is 5.91 Å². The van der Waals surface area contributed by atoms with Crippen molar-refractivity contribution in [3.05, 3.63) is 89.2 Å². The normalized spacial score (nSPS) is 12.3. The average molecular weight is 368 g/mol. The van der Waals surface area contributed by atoms with Gasteiger partial charge in [-0.2, -0.15) is 4.99 Å². The number of fused-ring (bicyclic) bond motifs is 4. The highest BCUT2D eigenvalue weighted by molar-refractivity contribution is 7.16. The van der Waals surface area contributed by atoms with Crippen molar-refractivity contribution >= 4 is 49.0 Å². The first-order chi connectivity index (χ1) is 13.2. The highest BCUT2D eigenvalue weighted by atomic mass is 32.1. The summed E-state index contributed by atoms with van der Waals surface area (Å²) in [5, 5.41) is 4.53. The van der Waals surface area contributed by atoms with Gasteiger partial charge in [-0.3, -0.25) is 4.79 Å². The summed E-state index contributed by atoms with van der Waals surface area (Å²) >= 11 is 1.54. The van der Waals surface area contributed by atoms with Crippen molar-refractivity contribution in [2.24, 2.45) is 12.0 Å². The molecule has 0 atom stereocenters. The zero-order valence-corrected chi connectivity index (χ0v) is 15.5. The van der Waals surface area contributed by atoms with E-state index in [0.717, 1.165) is 21.0 Å². The Labute approximate surface area is 159 Å². The monoisotopic (exact) mass is 368 g/mol. The SMILES string of the molecule is Cn1c(=NC(=O)c2ccc3ccccc3c2)sc2ccc3ccccc3c21. The molecule has 1 aromatic heterocycles. The van der Waals surface area contributed by atoms with Crippen molar-refractivity contribution in [1.82, 2.24) is 4.57 Å². The van der Waals surface area contributed by atoms with E-state index < -0.39 is 0 Å². The molecule has 0 aliphatic carbocycles. The predicted octanol–water partition coefficient (Wildman–Crippen LogP) is 5.29. The summed E-state index contributed by atoms with van der Waals surface area (Å²) in [6, 6.07) is 26.2. The zero-order chi connectivity index (χ0) is 18.4. The molecule has 0 unspecified atom stereocenters. The van der Waals surface area contributed by atoms with E-state index in [9.17, 15) is 4.79 Å². The van der Waals surface area contributed by atoms with Gasteiger partial charge in [0, 0.05) is 18.0 Å². The van der Waals surface area contributed by atoms with Crippen LogP contribution < -0.4 is 4.80 Å². The van der Waals surface area contributed by atoms with Gasteiger partial charge in [0.15, 0.2) is 4.80 Å². The second-order valence-electron chi connectivity index (χ2n) is 6.56. The van der Waals surface area contributed by atoms with Crippen LogP contribution in [0.25, 0.3) is 31.8 Å². The van der Waals surface area contributed by atoms with Crippen LogP contribution in [0.5, 0.6) is 0 Å². The van der Waals surface area contributed by atoms with E-state index in [-0.39, 0.29) is 5.91 Å². The number of hydrogen-bond donors (Lipinski definition) is 0. The summed E-state index contributed by atoms with van der Waals surface area (Å²) in [7, 11) is 1.97. The largest absolute Gasteiger partial charge is 0.319 e. The van der Waals surface area contributed by atoms with Crippen LogP contribution in [0, 0.1) is 0 Å². The van der Waals surface area contributed by atoms with Crippen molar-refractivity contribution in [2.75, 3.05) is 0 Å². The first-order valence-electron chi connectivity index (χ1n) is 8.76. The van der Waals surface area contributed by atoms with Gasteiger partial charge in [-0.25, -0.2) is 0 Å². The molecular weight excluding hydrogens is 352 g/mol. The van der Waals surface area contributed by atoms with Crippen LogP contribution in [0.2, 0.25) is 0 Å². The fourth-order valence-corrected chi connectivity index (χ4v) is 4.53. The molecule has 0 radical (unpaired) electrons. The van der Waals surface area contributed by atoms with Crippen molar-refractivity contribution < 1.29 is 4.79 Å². The van der Waals surface area contributed by atoms with Gasteiger partial charge in [0.1, 0.15) is 0 Å². The molecule has 1 amide bonds. The van der Waals surface area contributed by atoms with Crippen LogP contribution in [-0.4, -0.2) is 10.5 Å². The van der Waals surface area contributed by atoms with Crippen molar-refractivity contribution in [2.45, 2.75) is 0 Å². The Hall–Kier alpha value is -3.24. The molecule has 0 spiro atoms. The quantitative estimate of drug-likeness (QED) is 0.396. The summed E-state index contributed by atoms with van der Waals surface area (Å²) in [4.78, 5) is 17.9. The van der Waals surface area contributed by atoms with Crippen molar-refractivity contribution in [3.8, 4) is 0 Å². The third kappa shape index (κ3) is 2.66. The lowest BCUT2D eigenvalue weighted by Crippen LogP contribution is -2.13. The Morgan fingerprint density at radius 2 is 1.56 bits per heavy atom. The molecule has 0 bridgehead atoms. The van der Waals surface area contributed by atoms with E-state index in [4.69, 9.17) is 0 Å². The van der Waals surface area contributed by atoms with E-state index in [2.05, 4.69) is 29.3 Å². The van der Waals surface area contributed by atoms with E-state index in [0.29, 0.717) is 10.4 Å². The molecule has 0 fully saturated rings. The maximum atomic E-state index is 12.8. The summed E-state index contributed by atoms with van der Waals surface area (Å²) in [5.41, 5.74) is 1.72. The second kappa shape index (κ2) is 6.18. The fraction of sp³-hybridized carbons (Fsp3) is 0.0435. The number of nitrogens with zero attached hydrogens (tertiary/aromatic N) is 2. The number of rotatable bonds is 1.